The summed E-state index contributed by atoms with van der Waals surface area (Å²) < 4.78 is 0.274. The van der Waals surface area contributed by atoms with Crippen LogP contribution in [0.25, 0.3) is 0 Å². The number of thioether (sulfide) groups is 1. The Morgan fingerprint density at radius 3 is 2.57 bits per heavy atom. The van der Waals surface area contributed by atoms with E-state index in [0.29, 0.717) is 6.54 Å². The van der Waals surface area contributed by atoms with Crippen LogP contribution in [-0.4, -0.2) is 60.5 Å². The van der Waals surface area contributed by atoms with Crippen molar-refractivity contribution in [3.63, 3.8) is 0 Å². The van der Waals surface area contributed by atoms with Gasteiger partial charge in [0.25, 0.3) is 0 Å². The Bertz CT molecular complexity index is 385. The average Bonchev–Trinajstić information content (AvgIpc) is 3.21. The molecule has 1 saturated heterocycles. The van der Waals surface area contributed by atoms with Crippen LogP contribution < -0.4 is 10.6 Å². The third-order valence-corrected chi connectivity index (χ3v) is 4.89. The lowest BCUT2D eigenvalue weighted by atomic mass is 10.2. The maximum absolute atomic E-state index is 11.5. The highest BCUT2D eigenvalue weighted by Gasteiger charge is 2.30. The first kappa shape index (κ1) is 18.9. The normalized spacial score (nSPS) is 21.5. The highest BCUT2D eigenvalue weighted by atomic mass is 127. The number of rotatable bonds is 4. The third-order valence-electron chi connectivity index (χ3n) is 3.59. The standard InChI is InChI=1S/C14H26N4OS.HI/c1-14(2)10-18(8-9-20-14)13(15-3)17-7-6-16-12(19)11-4-5-11;/h11H,4-10H2,1-3H3,(H,15,17)(H,16,19);1H. The van der Waals surface area contributed by atoms with Crippen LogP contribution in [0.3, 0.4) is 0 Å². The van der Waals surface area contributed by atoms with Crippen molar-refractivity contribution < 1.29 is 4.79 Å². The number of nitrogens with one attached hydrogen (secondary N) is 2. The largest absolute Gasteiger partial charge is 0.354 e. The molecule has 0 aromatic rings. The quantitative estimate of drug-likeness (QED) is 0.310. The molecule has 0 atom stereocenters. The summed E-state index contributed by atoms with van der Waals surface area (Å²) in [7, 11) is 1.82. The van der Waals surface area contributed by atoms with Gasteiger partial charge < -0.3 is 15.5 Å². The molecule has 0 aromatic carbocycles. The smallest absolute Gasteiger partial charge is 0.223 e. The summed E-state index contributed by atoms with van der Waals surface area (Å²) in [5.74, 6) is 2.57. The second-order valence-electron chi connectivity index (χ2n) is 6.07. The van der Waals surface area contributed by atoms with Gasteiger partial charge in [-0.3, -0.25) is 9.79 Å². The minimum atomic E-state index is 0. The Balaban J connectivity index is 0.00000220. The van der Waals surface area contributed by atoms with E-state index in [0.717, 1.165) is 44.2 Å². The van der Waals surface area contributed by atoms with Crippen LogP contribution >= 0.6 is 35.7 Å². The fraction of sp³-hybridized carbons (Fsp3) is 0.857. The number of carbonyl (C=O) groups excluding carboxylic acids is 1. The topological polar surface area (TPSA) is 56.7 Å². The van der Waals surface area contributed by atoms with Gasteiger partial charge >= 0.3 is 0 Å². The van der Waals surface area contributed by atoms with E-state index in [1.54, 1.807) is 0 Å². The van der Waals surface area contributed by atoms with E-state index in [9.17, 15) is 4.79 Å². The Morgan fingerprint density at radius 2 is 2.00 bits per heavy atom. The van der Waals surface area contributed by atoms with Crippen molar-refractivity contribution in [1.82, 2.24) is 15.5 Å². The Hall–Kier alpha value is -0.180. The van der Waals surface area contributed by atoms with Crippen molar-refractivity contribution in [2.75, 3.05) is 39.0 Å². The third kappa shape index (κ3) is 6.22. The predicted octanol–water partition coefficient (Wildman–Crippen LogP) is 1.53. The fourth-order valence-electron chi connectivity index (χ4n) is 2.38. The first-order chi connectivity index (χ1) is 9.52. The van der Waals surface area contributed by atoms with Gasteiger partial charge in [0.05, 0.1) is 0 Å². The van der Waals surface area contributed by atoms with Crippen molar-refractivity contribution in [2.24, 2.45) is 10.9 Å². The number of guanidine groups is 1. The summed E-state index contributed by atoms with van der Waals surface area (Å²) in [5.41, 5.74) is 0. The van der Waals surface area contributed by atoms with Crippen LogP contribution in [0.4, 0.5) is 0 Å². The van der Waals surface area contributed by atoms with Gasteiger partial charge in [-0.15, -0.1) is 24.0 Å². The van der Waals surface area contributed by atoms with Gasteiger partial charge in [0, 0.05) is 49.6 Å². The summed E-state index contributed by atoms with van der Waals surface area (Å²) in [6, 6.07) is 0. The van der Waals surface area contributed by atoms with Gasteiger partial charge in [0.15, 0.2) is 5.96 Å². The molecular formula is C14H27IN4OS. The summed E-state index contributed by atoms with van der Waals surface area (Å²) in [6.45, 7) is 7.98. The number of aliphatic imine (C=N–C) groups is 1. The Morgan fingerprint density at radius 1 is 1.33 bits per heavy atom. The molecule has 7 heteroatoms. The Kier molecular flexibility index (Phi) is 7.59. The SMILES string of the molecule is CN=C(NCCNC(=O)C1CC1)N1CCSC(C)(C)C1.I. The van der Waals surface area contributed by atoms with Crippen LogP contribution in [0.1, 0.15) is 26.7 Å². The molecule has 0 spiro atoms. The zero-order valence-electron chi connectivity index (χ0n) is 13.1. The zero-order valence-corrected chi connectivity index (χ0v) is 16.3. The number of hydrogen-bond donors (Lipinski definition) is 2. The molecule has 1 aliphatic heterocycles. The summed E-state index contributed by atoms with van der Waals surface area (Å²) >= 11 is 2.01. The van der Waals surface area contributed by atoms with Crippen LogP contribution in [0, 0.1) is 5.92 Å². The van der Waals surface area contributed by atoms with Crippen LogP contribution in [0.5, 0.6) is 0 Å². The first-order valence-corrected chi connectivity index (χ1v) is 8.38. The zero-order chi connectivity index (χ0) is 14.6. The minimum Gasteiger partial charge on any atom is -0.354 e. The molecule has 0 radical (unpaired) electrons. The van der Waals surface area contributed by atoms with Gasteiger partial charge in [-0.25, -0.2) is 0 Å². The van der Waals surface area contributed by atoms with E-state index in [-0.39, 0.29) is 40.5 Å². The molecule has 0 aromatic heterocycles. The molecule has 2 fully saturated rings. The number of halogens is 1. The maximum Gasteiger partial charge on any atom is 0.223 e. The molecule has 1 aliphatic carbocycles. The lowest BCUT2D eigenvalue weighted by molar-refractivity contribution is -0.122. The molecule has 2 rings (SSSR count). The van der Waals surface area contributed by atoms with E-state index >= 15 is 0 Å². The fourth-order valence-corrected chi connectivity index (χ4v) is 3.49. The van der Waals surface area contributed by atoms with Crippen LogP contribution in [0.15, 0.2) is 4.99 Å². The highest BCUT2D eigenvalue weighted by molar-refractivity contribution is 14.0. The molecule has 2 N–H and O–H groups in total. The number of carbonyl (C=O) groups is 1. The number of amides is 1. The van der Waals surface area contributed by atoms with E-state index in [4.69, 9.17) is 0 Å². The second-order valence-corrected chi connectivity index (χ2v) is 7.87. The van der Waals surface area contributed by atoms with Gasteiger partial charge in [-0.2, -0.15) is 11.8 Å². The molecule has 0 bridgehead atoms. The molecule has 21 heavy (non-hydrogen) atoms. The summed E-state index contributed by atoms with van der Waals surface area (Å²) in [4.78, 5) is 18.2. The molecule has 1 amide bonds. The predicted molar refractivity (Wildman–Crippen MR) is 101 cm³/mol. The van der Waals surface area contributed by atoms with E-state index in [2.05, 4.69) is 34.4 Å². The average molecular weight is 426 g/mol. The molecular weight excluding hydrogens is 399 g/mol. The lowest BCUT2D eigenvalue weighted by Crippen LogP contribution is -2.51. The van der Waals surface area contributed by atoms with Gasteiger partial charge in [0.1, 0.15) is 0 Å². The van der Waals surface area contributed by atoms with Crippen molar-refractivity contribution >= 4 is 47.6 Å². The second kappa shape index (κ2) is 8.45. The van der Waals surface area contributed by atoms with Crippen LogP contribution in [-0.2, 0) is 4.79 Å². The van der Waals surface area contributed by atoms with Crippen molar-refractivity contribution in [1.29, 1.82) is 0 Å². The maximum atomic E-state index is 11.5. The summed E-state index contributed by atoms with van der Waals surface area (Å²) in [6.07, 6.45) is 2.11. The van der Waals surface area contributed by atoms with E-state index in [1.807, 2.05) is 18.8 Å². The Labute approximate surface area is 149 Å². The summed E-state index contributed by atoms with van der Waals surface area (Å²) in [5, 5.41) is 6.31. The monoisotopic (exact) mass is 426 g/mol. The van der Waals surface area contributed by atoms with Crippen molar-refractivity contribution in [3.8, 4) is 0 Å². The minimum absolute atomic E-state index is 0. The first-order valence-electron chi connectivity index (χ1n) is 7.39. The molecule has 0 unspecified atom stereocenters. The van der Waals surface area contributed by atoms with E-state index < -0.39 is 0 Å². The molecule has 1 heterocycles. The van der Waals surface area contributed by atoms with Gasteiger partial charge in [-0.05, 0) is 26.7 Å². The number of nitrogens with zero attached hydrogens (tertiary/aromatic N) is 2. The molecule has 2 aliphatic rings. The van der Waals surface area contributed by atoms with E-state index in [1.165, 1.54) is 0 Å². The van der Waals surface area contributed by atoms with Crippen molar-refractivity contribution in [3.05, 3.63) is 0 Å². The van der Waals surface area contributed by atoms with Crippen molar-refractivity contribution in [2.45, 2.75) is 31.4 Å². The van der Waals surface area contributed by atoms with Gasteiger partial charge in [0.2, 0.25) is 5.91 Å². The van der Waals surface area contributed by atoms with Gasteiger partial charge in [-0.1, -0.05) is 0 Å². The lowest BCUT2D eigenvalue weighted by Gasteiger charge is -2.39. The molecule has 5 nitrogen and oxygen atoms in total. The molecule has 1 saturated carbocycles. The highest BCUT2D eigenvalue weighted by Crippen LogP contribution is 2.29. The van der Waals surface area contributed by atoms with Crippen LogP contribution in [0.2, 0.25) is 0 Å². The molecule has 122 valence electrons. The number of hydrogen-bond acceptors (Lipinski definition) is 3.